The number of nitrogens with one attached hydrogen (secondary N) is 1. The third-order valence-corrected chi connectivity index (χ3v) is 2.91. The van der Waals surface area contributed by atoms with Gasteiger partial charge in [0, 0.05) is 13.0 Å². The Hall–Kier alpha value is -1.36. The minimum Gasteiger partial charge on any atom is -0.466 e. The highest BCUT2D eigenvalue weighted by Crippen LogP contribution is 2.05. The largest absolute Gasteiger partial charge is 0.466 e. The number of amides is 1. The average molecular weight is 255 g/mol. The van der Waals surface area contributed by atoms with E-state index in [0.29, 0.717) is 13.2 Å². The summed E-state index contributed by atoms with van der Waals surface area (Å²) in [5, 5.41) is 6.85. The van der Waals surface area contributed by atoms with Crippen molar-refractivity contribution < 1.29 is 14.3 Å². The first-order valence-corrected chi connectivity index (χ1v) is 6.60. The highest BCUT2D eigenvalue weighted by Gasteiger charge is 2.06. The lowest BCUT2D eigenvalue weighted by molar-refractivity contribution is -0.144. The van der Waals surface area contributed by atoms with Crippen molar-refractivity contribution in [3.05, 3.63) is 22.4 Å². The fourth-order valence-electron chi connectivity index (χ4n) is 1.32. The van der Waals surface area contributed by atoms with E-state index >= 15 is 0 Å². The molecule has 0 fully saturated rings. The molecule has 0 saturated carbocycles. The Balaban J connectivity index is 2.07. The fourth-order valence-corrected chi connectivity index (χ4v) is 2.02. The monoisotopic (exact) mass is 255 g/mol. The van der Waals surface area contributed by atoms with E-state index < -0.39 is 0 Å². The van der Waals surface area contributed by atoms with Crippen LogP contribution in [0.15, 0.2) is 16.8 Å². The number of thiophene rings is 1. The summed E-state index contributed by atoms with van der Waals surface area (Å²) in [4.78, 5) is 22.4. The Kier molecular flexibility index (Phi) is 6.32. The SMILES string of the molecule is CCOC(=O)CCC(=O)NCCc1ccsc1. The summed E-state index contributed by atoms with van der Waals surface area (Å²) in [6.45, 7) is 2.72. The number of carbonyl (C=O) groups is 2. The molecule has 17 heavy (non-hydrogen) atoms. The number of esters is 1. The van der Waals surface area contributed by atoms with Gasteiger partial charge in [-0.15, -0.1) is 0 Å². The summed E-state index contributed by atoms with van der Waals surface area (Å²) in [7, 11) is 0. The predicted octanol–water partition coefficient (Wildman–Crippen LogP) is 1.75. The Morgan fingerprint density at radius 1 is 1.41 bits per heavy atom. The summed E-state index contributed by atoms with van der Waals surface area (Å²) < 4.78 is 4.74. The molecule has 1 aromatic heterocycles. The lowest BCUT2D eigenvalue weighted by atomic mass is 10.2. The molecule has 0 unspecified atom stereocenters. The molecule has 1 rings (SSSR count). The van der Waals surface area contributed by atoms with E-state index in [9.17, 15) is 9.59 Å². The van der Waals surface area contributed by atoms with Crippen molar-refractivity contribution in [1.29, 1.82) is 0 Å². The zero-order chi connectivity index (χ0) is 12.5. The van der Waals surface area contributed by atoms with Gasteiger partial charge < -0.3 is 10.1 Å². The van der Waals surface area contributed by atoms with Gasteiger partial charge >= 0.3 is 5.97 Å². The van der Waals surface area contributed by atoms with Crippen molar-refractivity contribution in [3.8, 4) is 0 Å². The van der Waals surface area contributed by atoms with Crippen molar-refractivity contribution in [3.63, 3.8) is 0 Å². The van der Waals surface area contributed by atoms with Crippen LogP contribution in [0.4, 0.5) is 0 Å². The summed E-state index contributed by atoms with van der Waals surface area (Å²) in [6.07, 6.45) is 1.18. The third-order valence-electron chi connectivity index (χ3n) is 2.18. The average Bonchev–Trinajstić information content (AvgIpc) is 2.80. The number of carbonyl (C=O) groups excluding carboxylic acids is 2. The first-order chi connectivity index (χ1) is 8.22. The number of hydrogen-bond donors (Lipinski definition) is 1. The third kappa shape index (κ3) is 6.06. The standard InChI is InChI=1S/C12H17NO3S/c1-2-16-12(15)4-3-11(14)13-7-5-10-6-8-17-9-10/h6,8-9H,2-5,7H2,1H3,(H,13,14). The summed E-state index contributed by atoms with van der Waals surface area (Å²) in [5.74, 6) is -0.422. The lowest BCUT2D eigenvalue weighted by Crippen LogP contribution is -2.26. The topological polar surface area (TPSA) is 55.4 Å². The summed E-state index contributed by atoms with van der Waals surface area (Å²) in [6, 6.07) is 2.04. The van der Waals surface area contributed by atoms with Crippen LogP contribution in [0.3, 0.4) is 0 Å². The smallest absolute Gasteiger partial charge is 0.306 e. The zero-order valence-corrected chi connectivity index (χ0v) is 10.7. The first kappa shape index (κ1) is 13.7. The van der Waals surface area contributed by atoms with Crippen molar-refractivity contribution in [2.45, 2.75) is 26.2 Å². The van der Waals surface area contributed by atoms with Crippen LogP contribution < -0.4 is 5.32 Å². The molecule has 1 heterocycles. The van der Waals surface area contributed by atoms with Crippen LogP contribution in [-0.2, 0) is 20.7 Å². The Labute approximate surface area is 105 Å². The van der Waals surface area contributed by atoms with Crippen LogP contribution >= 0.6 is 11.3 Å². The van der Waals surface area contributed by atoms with Crippen molar-refractivity contribution in [1.82, 2.24) is 5.32 Å². The number of ether oxygens (including phenoxy) is 1. The fraction of sp³-hybridized carbons (Fsp3) is 0.500. The molecule has 0 aliphatic carbocycles. The molecular weight excluding hydrogens is 238 g/mol. The molecule has 1 N–H and O–H groups in total. The molecule has 0 atom stereocenters. The highest BCUT2D eigenvalue weighted by atomic mass is 32.1. The van der Waals surface area contributed by atoms with E-state index in [0.717, 1.165) is 6.42 Å². The minimum absolute atomic E-state index is 0.103. The van der Waals surface area contributed by atoms with Crippen molar-refractivity contribution >= 4 is 23.2 Å². The predicted molar refractivity (Wildman–Crippen MR) is 66.9 cm³/mol. The van der Waals surface area contributed by atoms with E-state index in [1.807, 2.05) is 11.4 Å². The van der Waals surface area contributed by atoms with Crippen LogP contribution in [0.5, 0.6) is 0 Å². The maximum absolute atomic E-state index is 11.4. The van der Waals surface area contributed by atoms with Crippen LogP contribution in [0.1, 0.15) is 25.3 Å². The second-order valence-corrected chi connectivity index (χ2v) is 4.32. The Morgan fingerprint density at radius 2 is 2.24 bits per heavy atom. The van der Waals surface area contributed by atoms with Gasteiger partial charge in [-0.1, -0.05) is 0 Å². The van der Waals surface area contributed by atoms with Crippen molar-refractivity contribution in [2.75, 3.05) is 13.2 Å². The van der Waals surface area contributed by atoms with E-state index in [4.69, 9.17) is 4.74 Å². The maximum Gasteiger partial charge on any atom is 0.306 e. The molecule has 0 saturated heterocycles. The molecule has 0 aliphatic heterocycles. The molecule has 0 radical (unpaired) electrons. The Bertz CT molecular complexity index is 349. The van der Waals surface area contributed by atoms with Gasteiger partial charge in [-0.25, -0.2) is 0 Å². The quantitative estimate of drug-likeness (QED) is 0.755. The van der Waals surface area contributed by atoms with Crippen LogP contribution in [-0.4, -0.2) is 25.0 Å². The molecule has 0 spiro atoms. The molecule has 5 heteroatoms. The van der Waals surface area contributed by atoms with Gasteiger partial charge in [-0.2, -0.15) is 11.3 Å². The van der Waals surface area contributed by atoms with Gasteiger partial charge in [-0.3, -0.25) is 9.59 Å². The van der Waals surface area contributed by atoms with Crippen LogP contribution in [0.25, 0.3) is 0 Å². The van der Waals surface area contributed by atoms with Gasteiger partial charge in [-0.05, 0) is 35.7 Å². The zero-order valence-electron chi connectivity index (χ0n) is 9.90. The minimum atomic E-state index is -0.319. The van der Waals surface area contributed by atoms with E-state index in [2.05, 4.69) is 10.7 Å². The van der Waals surface area contributed by atoms with Gasteiger partial charge in [0.25, 0.3) is 0 Å². The second-order valence-electron chi connectivity index (χ2n) is 3.54. The van der Waals surface area contributed by atoms with Gasteiger partial charge in [0.05, 0.1) is 13.0 Å². The summed E-state index contributed by atoms with van der Waals surface area (Å²) >= 11 is 1.64. The molecule has 4 nitrogen and oxygen atoms in total. The normalized spacial score (nSPS) is 9.94. The lowest BCUT2D eigenvalue weighted by Gasteiger charge is -2.04. The van der Waals surface area contributed by atoms with Gasteiger partial charge in [0.15, 0.2) is 0 Å². The molecule has 1 amide bonds. The maximum atomic E-state index is 11.4. The van der Waals surface area contributed by atoms with E-state index in [-0.39, 0.29) is 24.7 Å². The van der Waals surface area contributed by atoms with E-state index in [1.165, 1.54) is 5.56 Å². The molecule has 94 valence electrons. The molecular formula is C12H17NO3S. The number of hydrogen-bond acceptors (Lipinski definition) is 4. The van der Waals surface area contributed by atoms with Crippen LogP contribution in [0, 0.1) is 0 Å². The second kappa shape index (κ2) is 7.84. The highest BCUT2D eigenvalue weighted by molar-refractivity contribution is 7.07. The van der Waals surface area contributed by atoms with E-state index in [1.54, 1.807) is 18.3 Å². The van der Waals surface area contributed by atoms with Crippen molar-refractivity contribution in [2.24, 2.45) is 0 Å². The molecule has 0 aromatic carbocycles. The first-order valence-electron chi connectivity index (χ1n) is 5.65. The van der Waals surface area contributed by atoms with Gasteiger partial charge in [0.2, 0.25) is 5.91 Å². The van der Waals surface area contributed by atoms with Gasteiger partial charge in [0.1, 0.15) is 0 Å². The Morgan fingerprint density at radius 3 is 2.88 bits per heavy atom. The molecule has 0 bridgehead atoms. The molecule has 0 aliphatic rings. The molecule has 1 aromatic rings. The summed E-state index contributed by atoms with van der Waals surface area (Å²) in [5.41, 5.74) is 1.22. The van der Waals surface area contributed by atoms with Crippen LogP contribution in [0.2, 0.25) is 0 Å². The number of rotatable bonds is 7.